The molecule has 0 spiro atoms. The molecule has 0 unspecified atom stereocenters. The van der Waals surface area contributed by atoms with Crippen LogP contribution >= 0.6 is 11.3 Å². The summed E-state index contributed by atoms with van der Waals surface area (Å²) in [6, 6.07) is 2.08. The molecule has 0 aliphatic carbocycles. The van der Waals surface area contributed by atoms with Crippen LogP contribution < -0.4 is 15.1 Å². The zero-order chi connectivity index (χ0) is 24.0. The Bertz CT molecular complexity index is 1260. The maximum Gasteiger partial charge on any atom is 0.433 e. The first-order valence-corrected chi connectivity index (χ1v) is 12.0. The van der Waals surface area contributed by atoms with Crippen LogP contribution in [0.1, 0.15) is 41.0 Å². The number of carbonyl (C=O) groups excluding carboxylic acids is 1. The lowest BCUT2D eigenvalue weighted by Crippen LogP contribution is -2.48. The standard InChI is InChI=1S/C22H24F3N7OS/c1-3-4-13-9-15-19(29-21(30-20(15)34-13)32-8-6-26-17(33)11-32)31-7-5-14-16(10-31)27-12(2)28-18(14)22(23,24)25/h9H,3-8,10-11H2,1-2H3,(H,26,33). The number of piperazine rings is 1. The Balaban J connectivity index is 1.58. The second-order valence-corrected chi connectivity index (χ2v) is 9.63. The smallest absolute Gasteiger partial charge is 0.353 e. The average Bonchev–Trinajstić information content (AvgIpc) is 3.19. The molecule has 0 radical (unpaired) electrons. The molecule has 0 atom stereocenters. The molecule has 1 N–H and O–H groups in total. The summed E-state index contributed by atoms with van der Waals surface area (Å²) in [4.78, 5) is 35.4. The molecular weight excluding hydrogens is 467 g/mol. The predicted molar refractivity (Wildman–Crippen MR) is 123 cm³/mol. The monoisotopic (exact) mass is 491 g/mol. The highest BCUT2D eigenvalue weighted by Crippen LogP contribution is 2.38. The Morgan fingerprint density at radius 2 is 1.94 bits per heavy atom. The average molecular weight is 492 g/mol. The van der Waals surface area contributed by atoms with Crippen LogP contribution in [0.25, 0.3) is 10.2 Å². The van der Waals surface area contributed by atoms with Crippen LogP contribution in [-0.2, 0) is 30.4 Å². The summed E-state index contributed by atoms with van der Waals surface area (Å²) in [5.74, 6) is 1.14. The van der Waals surface area contributed by atoms with Gasteiger partial charge in [-0.05, 0) is 25.8 Å². The summed E-state index contributed by atoms with van der Waals surface area (Å²) < 4.78 is 40.8. The minimum atomic E-state index is -4.52. The van der Waals surface area contributed by atoms with Crippen LogP contribution in [-0.4, -0.2) is 52.0 Å². The van der Waals surface area contributed by atoms with Gasteiger partial charge in [-0.25, -0.2) is 15.0 Å². The number of thiophene rings is 1. The van der Waals surface area contributed by atoms with Crippen molar-refractivity contribution in [3.8, 4) is 0 Å². The van der Waals surface area contributed by atoms with Gasteiger partial charge in [0.25, 0.3) is 0 Å². The van der Waals surface area contributed by atoms with E-state index >= 15 is 0 Å². The number of aromatic nitrogens is 4. The highest BCUT2D eigenvalue weighted by molar-refractivity contribution is 7.18. The van der Waals surface area contributed by atoms with Crippen molar-refractivity contribution in [3.63, 3.8) is 0 Å². The Morgan fingerprint density at radius 3 is 2.68 bits per heavy atom. The number of alkyl halides is 3. The number of aryl methyl sites for hydroxylation is 2. The van der Waals surface area contributed by atoms with Gasteiger partial charge in [0.2, 0.25) is 11.9 Å². The van der Waals surface area contributed by atoms with Crippen LogP contribution in [0, 0.1) is 6.92 Å². The van der Waals surface area contributed by atoms with E-state index < -0.39 is 11.9 Å². The first-order chi connectivity index (χ1) is 16.2. The van der Waals surface area contributed by atoms with Crippen molar-refractivity contribution >= 4 is 39.2 Å². The quantitative estimate of drug-likeness (QED) is 0.600. The van der Waals surface area contributed by atoms with E-state index in [1.54, 1.807) is 11.3 Å². The maximum atomic E-state index is 13.6. The van der Waals surface area contributed by atoms with Gasteiger partial charge < -0.3 is 15.1 Å². The number of hydrogen-bond donors (Lipinski definition) is 1. The fourth-order valence-corrected chi connectivity index (χ4v) is 5.59. The van der Waals surface area contributed by atoms with Crippen molar-refractivity contribution in [2.45, 2.75) is 45.8 Å². The van der Waals surface area contributed by atoms with E-state index in [1.165, 1.54) is 11.8 Å². The summed E-state index contributed by atoms with van der Waals surface area (Å²) in [6.07, 6.45) is -2.45. The molecule has 180 valence electrons. The van der Waals surface area contributed by atoms with Gasteiger partial charge in [-0.1, -0.05) is 13.3 Å². The topological polar surface area (TPSA) is 87.1 Å². The van der Waals surface area contributed by atoms with E-state index in [-0.39, 0.29) is 36.8 Å². The molecular formula is C22H24F3N7OS. The Morgan fingerprint density at radius 1 is 1.12 bits per heavy atom. The molecule has 34 heavy (non-hydrogen) atoms. The van der Waals surface area contributed by atoms with E-state index in [2.05, 4.69) is 28.3 Å². The number of carbonyl (C=O) groups is 1. The number of nitrogens with zero attached hydrogens (tertiary/aromatic N) is 6. The van der Waals surface area contributed by atoms with Crippen molar-refractivity contribution in [1.82, 2.24) is 25.3 Å². The number of nitrogens with one attached hydrogen (secondary N) is 1. The molecule has 0 saturated carbocycles. The number of amides is 1. The molecule has 0 aromatic carbocycles. The van der Waals surface area contributed by atoms with E-state index in [9.17, 15) is 18.0 Å². The third kappa shape index (κ3) is 4.26. The minimum absolute atomic E-state index is 0.0897. The van der Waals surface area contributed by atoms with Crippen molar-refractivity contribution in [2.75, 3.05) is 36.0 Å². The molecule has 3 aromatic rings. The third-order valence-electron chi connectivity index (χ3n) is 5.97. The van der Waals surface area contributed by atoms with E-state index in [0.717, 1.165) is 23.1 Å². The van der Waals surface area contributed by atoms with Gasteiger partial charge in [-0.15, -0.1) is 11.3 Å². The molecule has 2 aliphatic heterocycles. The SMILES string of the molecule is CCCc1cc2c(N3CCc4c(nc(C)nc4C(F)(F)F)C3)nc(N3CCNC(=O)C3)nc2s1. The Hall–Kier alpha value is -3.02. The Kier molecular flexibility index (Phi) is 5.78. The molecule has 1 amide bonds. The van der Waals surface area contributed by atoms with Crippen LogP contribution in [0.5, 0.6) is 0 Å². The molecule has 12 heteroatoms. The summed E-state index contributed by atoms with van der Waals surface area (Å²) in [5.41, 5.74) is -0.311. The maximum absolute atomic E-state index is 13.6. The van der Waals surface area contributed by atoms with E-state index in [4.69, 9.17) is 9.97 Å². The van der Waals surface area contributed by atoms with Crippen LogP contribution in [0.15, 0.2) is 6.07 Å². The van der Waals surface area contributed by atoms with Gasteiger partial charge in [0.1, 0.15) is 16.5 Å². The van der Waals surface area contributed by atoms with Crippen molar-refractivity contribution < 1.29 is 18.0 Å². The largest absolute Gasteiger partial charge is 0.433 e. The van der Waals surface area contributed by atoms with Crippen molar-refractivity contribution in [2.24, 2.45) is 0 Å². The van der Waals surface area contributed by atoms with Crippen molar-refractivity contribution in [1.29, 1.82) is 0 Å². The van der Waals surface area contributed by atoms with Gasteiger partial charge in [0.15, 0.2) is 5.69 Å². The van der Waals surface area contributed by atoms with E-state index in [1.807, 2.05) is 9.80 Å². The van der Waals surface area contributed by atoms with E-state index in [0.29, 0.717) is 37.1 Å². The normalized spacial score (nSPS) is 16.7. The third-order valence-corrected chi connectivity index (χ3v) is 7.06. The lowest BCUT2D eigenvalue weighted by molar-refractivity contribution is -0.142. The second-order valence-electron chi connectivity index (χ2n) is 8.51. The van der Waals surface area contributed by atoms with Crippen molar-refractivity contribution in [3.05, 3.63) is 33.7 Å². The number of halogens is 3. The highest BCUT2D eigenvalue weighted by atomic mass is 32.1. The molecule has 5 heterocycles. The number of fused-ring (bicyclic) bond motifs is 2. The highest BCUT2D eigenvalue weighted by Gasteiger charge is 2.38. The lowest BCUT2D eigenvalue weighted by atomic mass is 10.0. The summed E-state index contributed by atoms with van der Waals surface area (Å²) >= 11 is 1.59. The fourth-order valence-electron chi connectivity index (χ4n) is 4.48. The summed E-state index contributed by atoms with van der Waals surface area (Å²) in [7, 11) is 0. The minimum Gasteiger partial charge on any atom is -0.353 e. The number of hydrogen-bond acceptors (Lipinski definition) is 8. The molecule has 3 aromatic heterocycles. The van der Waals surface area contributed by atoms with Crippen LogP contribution in [0.3, 0.4) is 0 Å². The zero-order valence-corrected chi connectivity index (χ0v) is 19.7. The predicted octanol–water partition coefficient (Wildman–Crippen LogP) is 3.26. The summed E-state index contributed by atoms with van der Waals surface area (Å²) in [5, 5.41) is 3.68. The van der Waals surface area contributed by atoms with Gasteiger partial charge in [0, 0.05) is 30.1 Å². The van der Waals surface area contributed by atoms with Crippen LogP contribution in [0.2, 0.25) is 0 Å². The van der Waals surface area contributed by atoms with Gasteiger partial charge in [-0.2, -0.15) is 18.2 Å². The molecule has 1 saturated heterocycles. The molecule has 8 nitrogen and oxygen atoms in total. The Labute approximate surface area is 198 Å². The molecule has 0 bridgehead atoms. The summed E-state index contributed by atoms with van der Waals surface area (Å²) in [6.45, 7) is 5.41. The number of anilines is 2. The lowest BCUT2D eigenvalue weighted by Gasteiger charge is -2.32. The van der Waals surface area contributed by atoms with Gasteiger partial charge >= 0.3 is 6.18 Å². The van der Waals surface area contributed by atoms with Gasteiger partial charge in [-0.3, -0.25) is 4.79 Å². The molecule has 2 aliphatic rings. The first kappa shape index (κ1) is 22.8. The fraction of sp³-hybridized carbons (Fsp3) is 0.500. The van der Waals surface area contributed by atoms with Gasteiger partial charge in [0.05, 0.1) is 24.2 Å². The number of rotatable bonds is 4. The molecule has 1 fully saturated rings. The van der Waals surface area contributed by atoms with Crippen LogP contribution in [0.4, 0.5) is 24.9 Å². The zero-order valence-electron chi connectivity index (χ0n) is 18.9. The second kappa shape index (κ2) is 8.64. The molecule has 5 rings (SSSR count). The first-order valence-electron chi connectivity index (χ1n) is 11.2.